The van der Waals surface area contributed by atoms with Gasteiger partial charge < -0.3 is 4.42 Å². The summed E-state index contributed by atoms with van der Waals surface area (Å²) in [6.07, 6.45) is 0. The Bertz CT molecular complexity index is 902. The molecule has 1 aliphatic rings. The van der Waals surface area contributed by atoms with Crippen LogP contribution in [0.15, 0.2) is 59.0 Å². The summed E-state index contributed by atoms with van der Waals surface area (Å²) in [6.45, 7) is 3.98. The van der Waals surface area contributed by atoms with Crippen LogP contribution in [-0.4, -0.2) is 11.3 Å². The summed E-state index contributed by atoms with van der Waals surface area (Å²) in [5.74, 6) is 0.655. The summed E-state index contributed by atoms with van der Waals surface area (Å²) in [7, 11) is 0. The SMILES string of the molecule is Cc1c(C2(C)C(Cl)C(=O)N2c2ccccc2)oc2ccccc12. The van der Waals surface area contributed by atoms with Gasteiger partial charge in [0.05, 0.1) is 0 Å². The van der Waals surface area contributed by atoms with Gasteiger partial charge >= 0.3 is 0 Å². The number of benzene rings is 2. The molecule has 1 aromatic heterocycles. The largest absolute Gasteiger partial charge is 0.458 e. The Morgan fingerprint density at radius 2 is 1.74 bits per heavy atom. The molecular weight excluding hydrogens is 310 g/mol. The minimum absolute atomic E-state index is 0.0970. The van der Waals surface area contributed by atoms with Crippen molar-refractivity contribution < 1.29 is 9.21 Å². The van der Waals surface area contributed by atoms with Gasteiger partial charge in [-0.1, -0.05) is 36.4 Å². The summed E-state index contributed by atoms with van der Waals surface area (Å²) in [5, 5.41) is 0.418. The molecule has 4 rings (SSSR count). The topological polar surface area (TPSA) is 33.5 Å². The number of carbonyl (C=O) groups is 1. The number of halogens is 1. The number of hydrogen-bond donors (Lipinski definition) is 0. The lowest BCUT2D eigenvalue weighted by atomic mass is 9.80. The Balaban J connectivity index is 1.90. The third-order valence-corrected chi connectivity index (χ3v) is 5.32. The summed E-state index contributed by atoms with van der Waals surface area (Å²) >= 11 is 6.43. The van der Waals surface area contributed by atoms with Crippen molar-refractivity contribution in [1.82, 2.24) is 0 Å². The molecule has 3 aromatic rings. The molecule has 23 heavy (non-hydrogen) atoms. The number of alkyl halides is 1. The highest BCUT2D eigenvalue weighted by atomic mass is 35.5. The van der Waals surface area contributed by atoms with E-state index in [-0.39, 0.29) is 5.91 Å². The fourth-order valence-corrected chi connectivity index (χ4v) is 3.77. The quantitative estimate of drug-likeness (QED) is 0.509. The highest BCUT2D eigenvalue weighted by Crippen LogP contribution is 2.49. The molecule has 2 atom stereocenters. The zero-order valence-corrected chi connectivity index (χ0v) is 13.7. The van der Waals surface area contributed by atoms with Crippen LogP contribution in [0.3, 0.4) is 0 Å². The molecular formula is C19H16ClNO2. The normalized spacial score (nSPS) is 24.0. The van der Waals surface area contributed by atoms with Crippen molar-refractivity contribution in [1.29, 1.82) is 0 Å². The van der Waals surface area contributed by atoms with Crippen molar-refractivity contribution in [3.8, 4) is 0 Å². The van der Waals surface area contributed by atoms with Crippen LogP contribution in [0.1, 0.15) is 18.2 Å². The van der Waals surface area contributed by atoms with E-state index < -0.39 is 10.9 Å². The number of nitrogens with zero attached hydrogens (tertiary/aromatic N) is 1. The number of para-hydroxylation sites is 2. The second-order valence-electron chi connectivity index (χ2n) is 6.07. The highest BCUT2D eigenvalue weighted by Gasteiger charge is 2.60. The summed E-state index contributed by atoms with van der Waals surface area (Å²) in [6, 6.07) is 17.5. The number of hydrogen-bond acceptors (Lipinski definition) is 2. The van der Waals surface area contributed by atoms with Gasteiger partial charge in [-0.15, -0.1) is 11.6 Å². The van der Waals surface area contributed by atoms with E-state index in [0.717, 1.165) is 28.0 Å². The number of rotatable bonds is 2. The maximum atomic E-state index is 12.4. The van der Waals surface area contributed by atoms with Crippen LogP contribution < -0.4 is 4.90 Å². The van der Waals surface area contributed by atoms with Gasteiger partial charge in [0.15, 0.2) is 0 Å². The number of amides is 1. The molecule has 0 N–H and O–H groups in total. The first kappa shape index (κ1) is 14.3. The molecule has 116 valence electrons. The number of furan rings is 1. The average Bonchev–Trinajstić information content (AvgIpc) is 2.93. The van der Waals surface area contributed by atoms with E-state index in [2.05, 4.69) is 0 Å². The molecule has 1 aliphatic heterocycles. The van der Waals surface area contributed by atoms with Gasteiger partial charge in [-0.25, -0.2) is 0 Å². The molecule has 0 bridgehead atoms. The molecule has 0 saturated carbocycles. The number of aryl methyl sites for hydroxylation is 1. The van der Waals surface area contributed by atoms with Crippen LogP contribution >= 0.6 is 11.6 Å². The number of carbonyl (C=O) groups excluding carboxylic acids is 1. The Morgan fingerprint density at radius 1 is 1.09 bits per heavy atom. The van der Waals surface area contributed by atoms with Crippen molar-refractivity contribution in [2.24, 2.45) is 0 Å². The summed E-state index contributed by atoms with van der Waals surface area (Å²) in [5.41, 5.74) is 1.99. The second-order valence-corrected chi connectivity index (χ2v) is 6.51. The fourth-order valence-electron chi connectivity index (χ4n) is 3.48. The van der Waals surface area contributed by atoms with Crippen LogP contribution in [0.2, 0.25) is 0 Å². The molecule has 1 saturated heterocycles. The maximum absolute atomic E-state index is 12.4. The Kier molecular flexibility index (Phi) is 3.03. The minimum atomic E-state index is -0.691. The van der Waals surface area contributed by atoms with Crippen molar-refractivity contribution in [3.05, 3.63) is 65.9 Å². The number of β-lactam (4-membered cyclic amide) rings is 1. The monoisotopic (exact) mass is 325 g/mol. The lowest BCUT2D eigenvalue weighted by Crippen LogP contribution is -2.69. The van der Waals surface area contributed by atoms with E-state index in [1.165, 1.54) is 0 Å². The average molecular weight is 326 g/mol. The first-order chi connectivity index (χ1) is 11.0. The lowest BCUT2D eigenvalue weighted by molar-refractivity contribution is -0.127. The smallest absolute Gasteiger partial charge is 0.248 e. The zero-order chi connectivity index (χ0) is 16.2. The third kappa shape index (κ3) is 1.80. The predicted octanol–water partition coefficient (Wildman–Crippen LogP) is 4.61. The third-order valence-electron chi connectivity index (χ3n) is 4.71. The van der Waals surface area contributed by atoms with Crippen LogP contribution in [0, 0.1) is 6.92 Å². The Hall–Kier alpha value is -2.26. The first-order valence-electron chi connectivity index (χ1n) is 7.57. The maximum Gasteiger partial charge on any atom is 0.248 e. The molecule has 2 heterocycles. The summed E-state index contributed by atoms with van der Waals surface area (Å²) < 4.78 is 6.10. The molecule has 1 fully saturated rings. The van der Waals surface area contributed by atoms with E-state index in [1.54, 1.807) is 4.90 Å². The van der Waals surface area contributed by atoms with Crippen LogP contribution in [-0.2, 0) is 10.3 Å². The molecule has 2 unspecified atom stereocenters. The lowest BCUT2D eigenvalue weighted by Gasteiger charge is -2.52. The van der Waals surface area contributed by atoms with Crippen LogP contribution in [0.4, 0.5) is 5.69 Å². The molecule has 4 heteroatoms. The van der Waals surface area contributed by atoms with Gasteiger partial charge in [0.25, 0.3) is 0 Å². The Morgan fingerprint density at radius 3 is 2.43 bits per heavy atom. The van der Waals surface area contributed by atoms with Crippen molar-refractivity contribution in [3.63, 3.8) is 0 Å². The molecule has 2 aromatic carbocycles. The second kappa shape index (κ2) is 4.87. The van der Waals surface area contributed by atoms with Crippen molar-refractivity contribution >= 4 is 34.2 Å². The van der Waals surface area contributed by atoms with Gasteiger partial charge in [-0.3, -0.25) is 9.69 Å². The van der Waals surface area contributed by atoms with Gasteiger partial charge in [0.2, 0.25) is 5.91 Å². The van der Waals surface area contributed by atoms with Gasteiger partial charge in [-0.05, 0) is 32.0 Å². The van der Waals surface area contributed by atoms with E-state index in [4.69, 9.17) is 16.0 Å². The van der Waals surface area contributed by atoms with Gasteiger partial charge in [-0.2, -0.15) is 0 Å². The van der Waals surface area contributed by atoms with E-state index in [0.29, 0.717) is 0 Å². The predicted molar refractivity (Wildman–Crippen MR) is 91.9 cm³/mol. The van der Waals surface area contributed by atoms with Crippen LogP contribution in [0.5, 0.6) is 0 Å². The summed E-state index contributed by atoms with van der Waals surface area (Å²) in [4.78, 5) is 14.2. The van der Waals surface area contributed by atoms with Gasteiger partial charge in [0.1, 0.15) is 22.3 Å². The zero-order valence-electron chi connectivity index (χ0n) is 12.9. The number of fused-ring (bicyclic) bond motifs is 1. The van der Waals surface area contributed by atoms with E-state index in [9.17, 15) is 4.79 Å². The molecule has 1 amide bonds. The molecule has 0 radical (unpaired) electrons. The molecule has 0 aliphatic carbocycles. The first-order valence-corrected chi connectivity index (χ1v) is 8.00. The number of anilines is 1. The van der Waals surface area contributed by atoms with Gasteiger partial charge in [0, 0.05) is 16.6 Å². The molecule has 3 nitrogen and oxygen atoms in total. The van der Waals surface area contributed by atoms with Crippen LogP contribution in [0.25, 0.3) is 11.0 Å². The van der Waals surface area contributed by atoms with E-state index >= 15 is 0 Å². The van der Waals surface area contributed by atoms with Crippen molar-refractivity contribution in [2.75, 3.05) is 4.90 Å². The van der Waals surface area contributed by atoms with E-state index in [1.807, 2.05) is 68.4 Å². The minimum Gasteiger partial charge on any atom is -0.458 e. The Labute approximate surface area is 139 Å². The standard InChI is InChI=1S/C19H16ClNO2/c1-12-14-10-6-7-11-15(14)23-17(12)19(2)16(20)18(22)21(19)13-8-4-3-5-9-13/h3-11,16H,1-2H3. The highest BCUT2D eigenvalue weighted by molar-refractivity contribution is 6.38. The fraction of sp³-hybridized carbons (Fsp3) is 0.211. The van der Waals surface area contributed by atoms with Crippen molar-refractivity contribution in [2.45, 2.75) is 24.8 Å². The molecule has 0 spiro atoms.